The Morgan fingerprint density at radius 1 is 1.25 bits per heavy atom. The monoisotopic (exact) mass is 319 g/mol. The van der Waals surface area contributed by atoms with Gasteiger partial charge in [0.25, 0.3) is 5.91 Å². The summed E-state index contributed by atoms with van der Waals surface area (Å²) < 4.78 is 9.61. The molecule has 110 valence electrons. The maximum Gasteiger partial charge on any atom is 0.310 e. The Hall–Kier alpha value is -1.30. The Morgan fingerprint density at radius 3 is 2.65 bits per heavy atom. The van der Waals surface area contributed by atoms with Gasteiger partial charge in [-0.25, -0.2) is 0 Å². The van der Waals surface area contributed by atoms with Crippen molar-refractivity contribution in [2.24, 2.45) is 0 Å². The highest BCUT2D eigenvalue weighted by Gasteiger charge is 2.09. The summed E-state index contributed by atoms with van der Waals surface area (Å²) in [7, 11) is 1.53. The number of rotatable bonds is 7. The Kier molecular flexibility index (Phi) is 7.36. The van der Waals surface area contributed by atoms with Crippen molar-refractivity contribution < 1.29 is 19.1 Å². The van der Waals surface area contributed by atoms with Gasteiger partial charge in [-0.2, -0.15) is 0 Å². The van der Waals surface area contributed by atoms with E-state index in [9.17, 15) is 9.59 Å². The van der Waals surface area contributed by atoms with E-state index in [2.05, 4.69) is 5.32 Å². The number of amides is 1. The Labute approximate surface area is 127 Å². The third kappa shape index (κ3) is 6.23. The molecule has 0 atom stereocenters. The van der Waals surface area contributed by atoms with Gasteiger partial charge < -0.3 is 14.8 Å². The van der Waals surface area contributed by atoms with Crippen molar-refractivity contribution in [3.05, 3.63) is 33.8 Å². The number of ether oxygens (including phenoxy) is 2. The highest BCUT2D eigenvalue weighted by atomic mass is 35.5. The molecule has 0 saturated heterocycles. The van der Waals surface area contributed by atoms with Crippen LogP contribution in [-0.4, -0.2) is 38.7 Å². The van der Waals surface area contributed by atoms with Gasteiger partial charge in [0.2, 0.25) is 0 Å². The van der Waals surface area contributed by atoms with Crippen LogP contribution in [0.5, 0.6) is 0 Å². The number of halogens is 2. The van der Waals surface area contributed by atoms with Crippen molar-refractivity contribution >= 4 is 35.1 Å². The Balaban J connectivity index is 2.32. The minimum atomic E-state index is -0.509. The molecule has 0 aliphatic rings. The van der Waals surface area contributed by atoms with Gasteiger partial charge in [0, 0.05) is 13.7 Å². The van der Waals surface area contributed by atoms with Crippen molar-refractivity contribution in [3.63, 3.8) is 0 Å². The quantitative estimate of drug-likeness (QED) is 0.615. The second-order valence-electron chi connectivity index (χ2n) is 3.93. The molecule has 0 aliphatic carbocycles. The van der Waals surface area contributed by atoms with E-state index in [0.717, 1.165) is 0 Å². The van der Waals surface area contributed by atoms with E-state index in [1.54, 1.807) is 18.2 Å². The first-order chi connectivity index (χ1) is 9.52. The third-order valence-corrected chi connectivity index (χ3v) is 3.06. The fourth-order valence-corrected chi connectivity index (χ4v) is 1.68. The van der Waals surface area contributed by atoms with Gasteiger partial charge in [-0.15, -0.1) is 0 Å². The molecule has 1 N–H and O–H groups in total. The van der Waals surface area contributed by atoms with E-state index in [1.807, 2.05) is 0 Å². The van der Waals surface area contributed by atoms with Crippen molar-refractivity contribution in [2.45, 2.75) is 6.42 Å². The number of hydrogen-bond acceptors (Lipinski definition) is 4. The molecule has 0 unspecified atom stereocenters. The lowest BCUT2D eigenvalue weighted by Gasteiger charge is -2.06. The SMILES string of the molecule is COCCNC(=O)COC(=O)Cc1ccc(Cl)c(Cl)c1. The van der Waals surface area contributed by atoms with Crippen LogP contribution in [0.4, 0.5) is 0 Å². The molecular weight excluding hydrogens is 305 g/mol. The molecular formula is C13H15Cl2NO4. The number of hydrogen-bond donors (Lipinski definition) is 1. The zero-order valence-corrected chi connectivity index (χ0v) is 12.5. The van der Waals surface area contributed by atoms with Crippen LogP contribution < -0.4 is 5.32 Å². The average Bonchev–Trinajstić information content (AvgIpc) is 2.41. The molecule has 0 saturated carbocycles. The zero-order chi connectivity index (χ0) is 15.0. The highest BCUT2D eigenvalue weighted by Crippen LogP contribution is 2.22. The lowest BCUT2D eigenvalue weighted by atomic mass is 10.1. The summed E-state index contributed by atoms with van der Waals surface area (Å²) in [5, 5.41) is 3.33. The standard InChI is InChI=1S/C13H15Cl2NO4/c1-19-5-4-16-12(17)8-20-13(18)7-9-2-3-10(14)11(15)6-9/h2-3,6H,4-5,7-8H2,1H3,(H,16,17). The number of nitrogens with one attached hydrogen (secondary N) is 1. The van der Waals surface area contributed by atoms with E-state index in [1.165, 1.54) is 7.11 Å². The molecule has 20 heavy (non-hydrogen) atoms. The summed E-state index contributed by atoms with van der Waals surface area (Å²) in [6, 6.07) is 4.86. The predicted molar refractivity (Wildman–Crippen MR) is 76.0 cm³/mol. The number of carbonyl (C=O) groups is 2. The van der Waals surface area contributed by atoms with Crippen LogP contribution in [-0.2, 0) is 25.5 Å². The van der Waals surface area contributed by atoms with Crippen molar-refractivity contribution in [1.29, 1.82) is 0 Å². The second-order valence-corrected chi connectivity index (χ2v) is 4.74. The zero-order valence-electron chi connectivity index (χ0n) is 10.9. The molecule has 0 fully saturated rings. The summed E-state index contributed by atoms with van der Waals surface area (Å²) in [6.07, 6.45) is 0.0300. The average molecular weight is 320 g/mol. The smallest absolute Gasteiger partial charge is 0.310 e. The number of methoxy groups -OCH3 is 1. The van der Waals surface area contributed by atoms with Gasteiger partial charge in [0.15, 0.2) is 6.61 Å². The number of esters is 1. The van der Waals surface area contributed by atoms with E-state index in [4.69, 9.17) is 32.7 Å². The summed E-state index contributed by atoms with van der Waals surface area (Å²) in [5.74, 6) is -0.880. The van der Waals surface area contributed by atoms with E-state index < -0.39 is 5.97 Å². The predicted octanol–water partition coefficient (Wildman–Crippen LogP) is 1.84. The summed E-state index contributed by atoms with van der Waals surface area (Å²) >= 11 is 11.6. The van der Waals surface area contributed by atoms with E-state index >= 15 is 0 Å². The number of carbonyl (C=O) groups excluding carboxylic acids is 2. The lowest BCUT2D eigenvalue weighted by molar-refractivity contribution is -0.147. The van der Waals surface area contributed by atoms with E-state index in [0.29, 0.717) is 28.8 Å². The van der Waals surface area contributed by atoms with Gasteiger partial charge in [0.1, 0.15) is 0 Å². The third-order valence-electron chi connectivity index (χ3n) is 2.33. The molecule has 0 aromatic heterocycles. The van der Waals surface area contributed by atoms with Gasteiger partial charge in [-0.3, -0.25) is 9.59 Å². The van der Waals surface area contributed by atoms with Crippen molar-refractivity contribution in [3.8, 4) is 0 Å². The first-order valence-electron chi connectivity index (χ1n) is 5.88. The molecule has 1 aromatic carbocycles. The molecule has 1 rings (SSSR count). The minimum Gasteiger partial charge on any atom is -0.455 e. The van der Waals surface area contributed by atoms with Crippen LogP contribution in [0.15, 0.2) is 18.2 Å². The van der Waals surface area contributed by atoms with Crippen LogP contribution in [0.3, 0.4) is 0 Å². The second kappa shape index (κ2) is 8.79. The molecule has 0 bridgehead atoms. The van der Waals surface area contributed by atoms with Crippen LogP contribution in [0.2, 0.25) is 10.0 Å². The highest BCUT2D eigenvalue weighted by molar-refractivity contribution is 6.42. The lowest BCUT2D eigenvalue weighted by Crippen LogP contribution is -2.31. The first-order valence-corrected chi connectivity index (χ1v) is 6.63. The molecule has 7 heteroatoms. The van der Waals surface area contributed by atoms with Gasteiger partial charge in [0.05, 0.1) is 23.1 Å². The molecule has 1 aromatic rings. The molecule has 5 nitrogen and oxygen atoms in total. The number of benzene rings is 1. The van der Waals surface area contributed by atoms with Crippen LogP contribution in [0.25, 0.3) is 0 Å². The minimum absolute atomic E-state index is 0.0300. The molecule has 0 spiro atoms. The van der Waals surface area contributed by atoms with Crippen molar-refractivity contribution in [2.75, 3.05) is 26.9 Å². The Morgan fingerprint density at radius 2 is 2.00 bits per heavy atom. The summed E-state index contributed by atoms with van der Waals surface area (Å²) in [4.78, 5) is 22.8. The molecule has 0 aliphatic heterocycles. The molecule has 0 radical (unpaired) electrons. The summed E-state index contributed by atoms with van der Waals surface area (Å²) in [6.45, 7) is 0.465. The largest absolute Gasteiger partial charge is 0.455 e. The van der Waals surface area contributed by atoms with Gasteiger partial charge >= 0.3 is 5.97 Å². The maximum absolute atomic E-state index is 11.5. The Bertz CT molecular complexity index is 479. The van der Waals surface area contributed by atoms with Crippen LogP contribution >= 0.6 is 23.2 Å². The molecule has 1 amide bonds. The van der Waals surface area contributed by atoms with Crippen molar-refractivity contribution in [1.82, 2.24) is 5.32 Å². The van der Waals surface area contributed by atoms with E-state index in [-0.39, 0.29) is 18.9 Å². The van der Waals surface area contributed by atoms with Crippen LogP contribution in [0, 0.1) is 0 Å². The van der Waals surface area contributed by atoms with Crippen LogP contribution in [0.1, 0.15) is 5.56 Å². The van der Waals surface area contributed by atoms with Gasteiger partial charge in [-0.05, 0) is 17.7 Å². The first kappa shape index (κ1) is 16.8. The normalized spacial score (nSPS) is 10.2. The fourth-order valence-electron chi connectivity index (χ4n) is 1.36. The fraction of sp³-hybridized carbons (Fsp3) is 0.385. The topological polar surface area (TPSA) is 64.6 Å². The molecule has 0 heterocycles. The summed E-state index contributed by atoms with van der Waals surface area (Å²) in [5.41, 5.74) is 0.671. The maximum atomic E-state index is 11.5. The van der Waals surface area contributed by atoms with Gasteiger partial charge in [-0.1, -0.05) is 29.3 Å².